The Labute approximate surface area is 105 Å². The van der Waals surface area contributed by atoms with Crippen LogP contribution >= 0.6 is 0 Å². The minimum atomic E-state index is -0.251. The molecule has 1 saturated heterocycles. The molecule has 2 N–H and O–H groups in total. The molecule has 0 unspecified atom stereocenters. The van der Waals surface area contributed by atoms with Crippen molar-refractivity contribution in [2.45, 2.75) is 33.1 Å². The van der Waals surface area contributed by atoms with E-state index in [4.69, 9.17) is 5.73 Å². The molecule has 1 aromatic rings. The van der Waals surface area contributed by atoms with E-state index in [0.29, 0.717) is 5.69 Å². The van der Waals surface area contributed by atoms with E-state index in [1.807, 2.05) is 13.8 Å². The number of likely N-dealkylation sites (tertiary alicyclic amines) is 1. The second kappa shape index (κ2) is 10.1. The first kappa shape index (κ1) is 15.9. The Balaban J connectivity index is 0.000000265. The first-order valence-electron chi connectivity index (χ1n) is 6.38. The summed E-state index contributed by atoms with van der Waals surface area (Å²) in [5.74, 6) is -0.251. The Morgan fingerprint density at radius 3 is 1.76 bits per heavy atom. The maximum atomic E-state index is 12.0. The number of rotatable bonds is 0. The van der Waals surface area contributed by atoms with Crippen LogP contribution in [0.15, 0.2) is 24.3 Å². The molecule has 0 aromatic heterocycles. The van der Waals surface area contributed by atoms with Crippen molar-refractivity contribution in [3.8, 4) is 0 Å². The fourth-order valence-corrected chi connectivity index (χ4v) is 1.51. The topological polar surface area (TPSA) is 29.3 Å². The first-order chi connectivity index (χ1) is 8.18. The Kier molecular flexibility index (Phi) is 9.44. The Morgan fingerprint density at radius 2 is 1.47 bits per heavy atom. The number of halogens is 1. The average Bonchev–Trinajstić information content (AvgIpc) is 2.37. The lowest BCUT2D eigenvalue weighted by Gasteiger charge is -2.20. The van der Waals surface area contributed by atoms with E-state index < -0.39 is 0 Å². The van der Waals surface area contributed by atoms with Gasteiger partial charge >= 0.3 is 0 Å². The number of piperidine rings is 1. The van der Waals surface area contributed by atoms with Crippen molar-refractivity contribution in [3.63, 3.8) is 0 Å². The molecule has 0 spiro atoms. The highest BCUT2D eigenvalue weighted by Crippen LogP contribution is 2.04. The van der Waals surface area contributed by atoms with Gasteiger partial charge in [0.2, 0.25) is 0 Å². The normalized spacial score (nSPS) is 15.1. The van der Waals surface area contributed by atoms with Gasteiger partial charge in [0.1, 0.15) is 5.82 Å². The summed E-state index contributed by atoms with van der Waals surface area (Å²) in [6, 6.07) is 5.70. The molecule has 3 heteroatoms. The second-order valence-corrected chi connectivity index (χ2v) is 3.92. The highest BCUT2D eigenvalue weighted by Gasteiger charge is 2.02. The predicted octanol–water partition coefficient (Wildman–Crippen LogP) is 3.54. The summed E-state index contributed by atoms with van der Waals surface area (Å²) in [5.41, 5.74) is 5.85. The standard InChI is InChI=1S/C6H6FN.C6H13N.C2H6/c7-5-1-3-6(8)4-2-5;1-7-5-3-2-4-6-7;1-2/h1-4H,8H2;2-6H2,1H3;1-2H3. The summed E-state index contributed by atoms with van der Waals surface area (Å²) in [5, 5.41) is 0. The monoisotopic (exact) mass is 240 g/mol. The van der Waals surface area contributed by atoms with Crippen LogP contribution < -0.4 is 5.73 Å². The number of hydrogen-bond acceptors (Lipinski definition) is 2. The zero-order chi connectivity index (χ0) is 13.1. The van der Waals surface area contributed by atoms with Crippen LogP contribution in [0.4, 0.5) is 10.1 Å². The molecule has 17 heavy (non-hydrogen) atoms. The molecular formula is C14H25FN2. The molecule has 0 bridgehead atoms. The number of nitrogens with zero attached hydrogens (tertiary/aromatic N) is 1. The van der Waals surface area contributed by atoms with E-state index in [1.165, 1.54) is 56.6 Å². The smallest absolute Gasteiger partial charge is 0.123 e. The third kappa shape index (κ3) is 8.69. The molecule has 1 heterocycles. The fraction of sp³-hybridized carbons (Fsp3) is 0.571. The highest BCUT2D eigenvalue weighted by molar-refractivity contribution is 5.36. The lowest BCUT2D eigenvalue weighted by Crippen LogP contribution is -2.24. The van der Waals surface area contributed by atoms with Crippen molar-refractivity contribution in [2.24, 2.45) is 0 Å². The van der Waals surface area contributed by atoms with E-state index in [-0.39, 0.29) is 5.82 Å². The van der Waals surface area contributed by atoms with Crippen molar-refractivity contribution in [3.05, 3.63) is 30.1 Å². The number of benzene rings is 1. The van der Waals surface area contributed by atoms with E-state index in [2.05, 4.69) is 11.9 Å². The average molecular weight is 240 g/mol. The molecule has 2 rings (SSSR count). The lowest BCUT2D eigenvalue weighted by molar-refractivity contribution is 0.277. The second-order valence-electron chi connectivity index (χ2n) is 3.92. The van der Waals surface area contributed by atoms with Crippen molar-refractivity contribution < 1.29 is 4.39 Å². The molecule has 1 aliphatic rings. The number of hydrogen-bond donors (Lipinski definition) is 1. The van der Waals surface area contributed by atoms with Crippen molar-refractivity contribution >= 4 is 5.69 Å². The van der Waals surface area contributed by atoms with Gasteiger partial charge in [-0.3, -0.25) is 0 Å². The molecule has 0 amide bonds. The van der Waals surface area contributed by atoms with Gasteiger partial charge in [0.25, 0.3) is 0 Å². The quantitative estimate of drug-likeness (QED) is 0.703. The summed E-state index contributed by atoms with van der Waals surface area (Å²) in [7, 11) is 2.19. The van der Waals surface area contributed by atoms with Gasteiger partial charge < -0.3 is 10.6 Å². The third-order valence-corrected chi connectivity index (χ3v) is 2.45. The SMILES string of the molecule is CC.CN1CCCCC1.Nc1ccc(F)cc1. The van der Waals surface area contributed by atoms with Gasteiger partial charge in [-0.25, -0.2) is 4.39 Å². The van der Waals surface area contributed by atoms with Crippen molar-refractivity contribution in [2.75, 3.05) is 25.9 Å². The molecule has 98 valence electrons. The maximum Gasteiger partial charge on any atom is 0.123 e. The van der Waals surface area contributed by atoms with Gasteiger partial charge in [0.15, 0.2) is 0 Å². The van der Waals surface area contributed by atoms with Gasteiger partial charge in [0, 0.05) is 5.69 Å². The zero-order valence-corrected chi connectivity index (χ0v) is 11.2. The summed E-state index contributed by atoms with van der Waals surface area (Å²) >= 11 is 0. The molecule has 0 saturated carbocycles. The largest absolute Gasteiger partial charge is 0.399 e. The van der Waals surface area contributed by atoms with Gasteiger partial charge in [-0.1, -0.05) is 20.3 Å². The number of anilines is 1. The van der Waals surface area contributed by atoms with Crippen LogP contribution in [0.3, 0.4) is 0 Å². The molecular weight excluding hydrogens is 215 g/mol. The van der Waals surface area contributed by atoms with Crippen LogP contribution in [0, 0.1) is 5.82 Å². The van der Waals surface area contributed by atoms with Gasteiger partial charge in [0.05, 0.1) is 0 Å². The zero-order valence-electron chi connectivity index (χ0n) is 11.2. The predicted molar refractivity (Wildman–Crippen MR) is 73.5 cm³/mol. The molecule has 1 aromatic carbocycles. The summed E-state index contributed by atoms with van der Waals surface area (Å²) in [6.07, 6.45) is 4.28. The van der Waals surface area contributed by atoms with Crippen LogP contribution in [-0.2, 0) is 0 Å². The van der Waals surface area contributed by atoms with Crippen LogP contribution in [0.5, 0.6) is 0 Å². The first-order valence-corrected chi connectivity index (χ1v) is 6.38. The summed E-state index contributed by atoms with van der Waals surface area (Å²) in [4.78, 5) is 2.39. The minimum Gasteiger partial charge on any atom is -0.399 e. The molecule has 2 nitrogen and oxygen atoms in total. The summed E-state index contributed by atoms with van der Waals surface area (Å²) in [6.45, 7) is 6.64. The van der Waals surface area contributed by atoms with Crippen molar-refractivity contribution in [1.82, 2.24) is 4.90 Å². The third-order valence-electron chi connectivity index (χ3n) is 2.45. The van der Waals surface area contributed by atoms with E-state index in [1.54, 1.807) is 0 Å². The Morgan fingerprint density at radius 1 is 1.00 bits per heavy atom. The van der Waals surface area contributed by atoms with E-state index >= 15 is 0 Å². The van der Waals surface area contributed by atoms with Crippen molar-refractivity contribution in [1.29, 1.82) is 0 Å². The molecule has 0 aliphatic carbocycles. The van der Waals surface area contributed by atoms with Gasteiger partial charge in [-0.15, -0.1) is 0 Å². The fourth-order valence-electron chi connectivity index (χ4n) is 1.51. The molecule has 1 aliphatic heterocycles. The molecule has 0 radical (unpaired) electrons. The molecule has 0 atom stereocenters. The van der Waals surface area contributed by atoms with Crippen LogP contribution in [-0.4, -0.2) is 25.0 Å². The van der Waals surface area contributed by atoms with Crippen LogP contribution in [0.25, 0.3) is 0 Å². The van der Waals surface area contributed by atoms with E-state index in [0.717, 1.165) is 0 Å². The van der Waals surface area contributed by atoms with Gasteiger partial charge in [-0.2, -0.15) is 0 Å². The molecule has 1 fully saturated rings. The van der Waals surface area contributed by atoms with E-state index in [9.17, 15) is 4.39 Å². The van der Waals surface area contributed by atoms with Crippen LogP contribution in [0.2, 0.25) is 0 Å². The number of nitrogen functional groups attached to an aromatic ring is 1. The highest BCUT2D eigenvalue weighted by atomic mass is 19.1. The lowest BCUT2D eigenvalue weighted by atomic mass is 10.1. The minimum absolute atomic E-state index is 0.251. The maximum absolute atomic E-state index is 12.0. The number of nitrogens with two attached hydrogens (primary N) is 1. The summed E-state index contributed by atoms with van der Waals surface area (Å²) < 4.78 is 12.0. The van der Waals surface area contributed by atoms with Crippen LogP contribution in [0.1, 0.15) is 33.1 Å². The van der Waals surface area contributed by atoms with Gasteiger partial charge in [-0.05, 0) is 57.2 Å². The Bertz CT molecular complexity index is 245. The Hall–Kier alpha value is -1.09.